The zero-order chi connectivity index (χ0) is 33.4. The van der Waals surface area contributed by atoms with E-state index in [9.17, 15) is 0 Å². The van der Waals surface area contributed by atoms with Gasteiger partial charge in [-0.25, -0.2) is 9.97 Å². The smallest absolute Gasteiger partial charge is 0.0925 e. The standard InChI is InChI=1S/C44H35Cl3N4/c45-36-39-30-20-5-1-18(2-6-20)28(30)26(48-39)17-27-29-19-3-7-21(8-4-19)31(29)40(49-27)37(46)42-33-23-11-15-25(16-12-23)35(33)44(51-42)38(47)43-34-24-13-9-22(10-14-24)32(34)41(36)50-43/h1,3,5,7,9,11,13,15,17-25,48-49H,2,4,6,8,10,12,14,16H2/t18-,19+,20+,21-,22-,23+,24+,25-. The monoisotopic (exact) mass is 724 g/mol. The van der Waals surface area contributed by atoms with E-state index in [-0.39, 0.29) is 23.7 Å². The van der Waals surface area contributed by atoms with Crippen LogP contribution < -0.4 is 0 Å². The van der Waals surface area contributed by atoms with E-state index in [4.69, 9.17) is 44.8 Å². The lowest BCUT2D eigenvalue weighted by atomic mass is 9.69. The summed E-state index contributed by atoms with van der Waals surface area (Å²) in [5.74, 6) is 2.50. The molecule has 0 fully saturated rings. The van der Waals surface area contributed by atoms with Crippen molar-refractivity contribution in [2.24, 2.45) is 23.7 Å². The molecule has 0 radical (unpaired) electrons. The first-order valence-electron chi connectivity index (χ1n) is 19.1. The van der Waals surface area contributed by atoms with Crippen molar-refractivity contribution in [2.75, 3.05) is 0 Å². The number of hydrogen-bond acceptors (Lipinski definition) is 2. The number of rotatable bonds is 0. The van der Waals surface area contributed by atoms with E-state index >= 15 is 0 Å². The molecule has 0 saturated heterocycles. The van der Waals surface area contributed by atoms with Crippen LogP contribution in [0.1, 0.15) is 120 Å². The molecule has 16 bridgehead atoms. The summed E-state index contributed by atoms with van der Waals surface area (Å²) in [4.78, 5) is 18.9. The molecular formula is C44H35Cl3N4. The average Bonchev–Trinajstić information content (AvgIpc) is 3.99. The Morgan fingerprint density at radius 2 is 0.686 bits per heavy atom. The van der Waals surface area contributed by atoms with Gasteiger partial charge < -0.3 is 9.97 Å². The maximum atomic E-state index is 7.75. The molecule has 2 aliphatic heterocycles. The van der Waals surface area contributed by atoms with Gasteiger partial charge in [0.2, 0.25) is 0 Å². The molecule has 0 amide bonds. The van der Waals surface area contributed by atoms with Crippen LogP contribution in [0.2, 0.25) is 15.1 Å². The first kappa shape index (κ1) is 28.9. The van der Waals surface area contributed by atoms with Crippen LogP contribution in [0.25, 0.3) is 44.4 Å². The van der Waals surface area contributed by atoms with Crippen molar-refractivity contribution in [2.45, 2.75) is 75.0 Å². The van der Waals surface area contributed by atoms with Gasteiger partial charge >= 0.3 is 0 Å². The van der Waals surface area contributed by atoms with Crippen molar-refractivity contribution in [3.8, 4) is 0 Å². The van der Waals surface area contributed by atoms with Crippen molar-refractivity contribution < 1.29 is 0 Å². The molecule has 12 aliphatic carbocycles. The Kier molecular flexibility index (Phi) is 5.61. The molecular weight excluding hydrogens is 691 g/mol. The normalized spacial score (nSPS) is 32.3. The third-order valence-electron chi connectivity index (χ3n) is 14.2. The fourth-order valence-corrected chi connectivity index (χ4v) is 13.0. The minimum Gasteiger partial charge on any atom is -0.354 e. The molecule has 252 valence electrons. The van der Waals surface area contributed by atoms with Crippen LogP contribution in [-0.2, 0) is 0 Å². The third kappa shape index (κ3) is 3.56. The van der Waals surface area contributed by atoms with Crippen molar-refractivity contribution in [3.05, 3.63) is 115 Å². The van der Waals surface area contributed by atoms with Crippen molar-refractivity contribution in [1.82, 2.24) is 19.9 Å². The summed E-state index contributed by atoms with van der Waals surface area (Å²) in [7, 11) is 0. The third-order valence-corrected chi connectivity index (χ3v) is 15.3. The molecule has 0 saturated carbocycles. The van der Waals surface area contributed by atoms with E-state index in [0.29, 0.717) is 28.7 Å². The van der Waals surface area contributed by atoms with Crippen LogP contribution in [-0.4, -0.2) is 19.9 Å². The highest BCUT2D eigenvalue weighted by molar-refractivity contribution is 6.38. The van der Waals surface area contributed by atoms with E-state index in [1.165, 1.54) is 44.5 Å². The van der Waals surface area contributed by atoms with Crippen LogP contribution in [0.4, 0.5) is 0 Å². The average molecular weight is 726 g/mol. The summed E-state index contributed by atoms with van der Waals surface area (Å²) in [6, 6.07) is 2.38. The van der Waals surface area contributed by atoms with Gasteiger partial charge in [-0.1, -0.05) is 83.4 Å². The molecule has 51 heavy (non-hydrogen) atoms. The molecule has 8 atom stereocenters. The first-order chi connectivity index (χ1) is 25.0. The molecule has 0 aromatic carbocycles. The number of aromatic nitrogens is 4. The number of nitrogens with one attached hydrogen (secondary N) is 2. The summed E-state index contributed by atoms with van der Waals surface area (Å²) >= 11 is 23.2. The van der Waals surface area contributed by atoms with Gasteiger partial charge in [0.1, 0.15) is 0 Å². The maximum absolute atomic E-state index is 7.75. The summed E-state index contributed by atoms with van der Waals surface area (Å²) in [6.07, 6.45) is 28.2. The Balaban J connectivity index is 1.24. The molecule has 2 N–H and O–H groups in total. The number of allylic oxidation sites excluding steroid dienone is 12. The van der Waals surface area contributed by atoms with E-state index in [1.807, 2.05) is 0 Å². The number of hydrogen-bond donors (Lipinski definition) is 2. The van der Waals surface area contributed by atoms with Gasteiger partial charge in [-0.15, -0.1) is 0 Å². The molecule has 17 rings (SSSR count). The molecule has 5 heterocycles. The second kappa shape index (κ2) is 9.89. The van der Waals surface area contributed by atoms with Crippen LogP contribution in [0.15, 0.2) is 54.7 Å². The van der Waals surface area contributed by atoms with Crippen molar-refractivity contribution >= 4 is 79.2 Å². The van der Waals surface area contributed by atoms with Crippen LogP contribution in [0.3, 0.4) is 0 Å². The second-order valence-corrected chi connectivity index (χ2v) is 17.7. The fourth-order valence-electron chi connectivity index (χ4n) is 12.1. The number of fused-ring (bicyclic) bond motifs is 12. The summed E-state index contributed by atoms with van der Waals surface area (Å²) in [5, 5.41) is 2.09. The van der Waals surface area contributed by atoms with Gasteiger partial charge in [-0.2, -0.15) is 0 Å². The Morgan fingerprint density at radius 1 is 0.392 bits per heavy atom. The van der Waals surface area contributed by atoms with Gasteiger partial charge in [0.15, 0.2) is 0 Å². The van der Waals surface area contributed by atoms with Gasteiger partial charge in [-0.05, 0) is 102 Å². The number of halogens is 3. The highest BCUT2D eigenvalue weighted by Crippen LogP contribution is 2.59. The van der Waals surface area contributed by atoms with Gasteiger partial charge in [-0.3, -0.25) is 0 Å². The minimum atomic E-state index is 0.269. The lowest BCUT2D eigenvalue weighted by Gasteiger charge is -2.34. The van der Waals surface area contributed by atoms with Gasteiger partial charge in [0, 0.05) is 58.4 Å². The predicted octanol–water partition coefficient (Wildman–Crippen LogP) is 12.4. The Bertz CT molecular complexity index is 2420. The van der Waals surface area contributed by atoms with Crippen LogP contribution >= 0.6 is 34.8 Å². The molecule has 7 heteroatoms. The van der Waals surface area contributed by atoms with Crippen molar-refractivity contribution in [1.29, 1.82) is 0 Å². The topological polar surface area (TPSA) is 57.4 Å². The van der Waals surface area contributed by atoms with E-state index < -0.39 is 0 Å². The molecule has 3 aromatic rings. The Hall–Kier alpha value is -3.57. The lowest BCUT2D eigenvalue weighted by molar-refractivity contribution is 0.557. The molecule has 3 aromatic heterocycles. The SMILES string of the molecule is Clc1c2nc(c(Cl)c3[nH]c(cc4[nH]c(c(Cl)c5nc1C1=C5[C@@H]5C=C[C@H]1CC5)c1c4[C@@H]4C=C[C@H]1CC4)c1c3[C@@H]3C=C[C@H]1CC3)C1=C2[C@@H]2C=C[C@H]1CC2. The molecule has 14 aliphatic rings. The summed E-state index contributed by atoms with van der Waals surface area (Å²) in [5.41, 5.74) is 18.4. The van der Waals surface area contributed by atoms with Crippen LogP contribution in [0, 0.1) is 23.7 Å². The highest BCUT2D eigenvalue weighted by Gasteiger charge is 2.44. The quantitative estimate of drug-likeness (QED) is 0.227. The summed E-state index contributed by atoms with van der Waals surface area (Å²) in [6.45, 7) is 0. The summed E-state index contributed by atoms with van der Waals surface area (Å²) < 4.78 is 0. The highest BCUT2D eigenvalue weighted by atomic mass is 35.5. The Morgan fingerprint density at radius 3 is 1.02 bits per heavy atom. The zero-order valence-electron chi connectivity index (χ0n) is 28.0. The molecule has 4 nitrogen and oxygen atoms in total. The lowest BCUT2D eigenvalue weighted by Crippen LogP contribution is -2.19. The minimum absolute atomic E-state index is 0.269. The zero-order valence-corrected chi connectivity index (χ0v) is 30.3. The van der Waals surface area contributed by atoms with E-state index in [1.54, 1.807) is 0 Å². The Labute approximate surface area is 311 Å². The van der Waals surface area contributed by atoms with Crippen LogP contribution in [0.5, 0.6) is 0 Å². The molecule has 0 unspecified atom stereocenters. The fraction of sp³-hybridized carbons (Fsp3) is 0.364. The predicted molar refractivity (Wildman–Crippen MR) is 208 cm³/mol. The maximum Gasteiger partial charge on any atom is 0.0925 e. The molecule has 0 spiro atoms. The van der Waals surface area contributed by atoms with Gasteiger partial charge in [0.05, 0.1) is 48.9 Å². The second-order valence-electron chi connectivity index (χ2n) is 16.5. The largest absolute Gasteiger partial charge is 0.354 e. The van der Waals surface area contributed by atoms with Crippen molar-refractivity contribution in [3.63, 3.8) is 0 Å². The number of aromatic amines is 2. The van der Waals surface area contributed by atoms with Gasteiger partial charge in [0.25, 0.3) is 0 Å². The van der Waals surface area contributed by atoms with E-state index in [2.05, 4.69) is 64.6 Å². The first-order valence-corrected chi connectivity index (χ1v) is 20.2. The number of H-pyrrole nitrogens is 2. The number of nitrogens with zero attached hydrogens (tertiary/aromatic N) is 2. The van der Waals surface area contributed by atoms with E-state index in [0.717, 1.165) is 106 Å².